The Bertz CT molecular complexity index is 944. The van der Waals surface area contributed by atoms with Gasteiger partial charge in [-0.3, -0.25) is 4.79 Å². The Morgan fingerprint density at radius 1 is 1.40 bits per heavy atom. The van der Waals surface area contributed by atoms with E-state index in [2.05, 4.69) is 21.4 Å². The molecule has 25 heavy (non-hydrogen) atoms. The minimum absolute atomic E-state index is 0.284. The first-order valence-electron chi connectivity index (χ1n) is 8.14. The number of hydrogen-bond acceptors (Lipinski definition) is 5. The second-order valence-electron chi connectivity index (χ2n) is 5.87. The highest BCUT2D eigenvalue weighted by atomic mass is 16.5. The third-order valence-electron chi connectivity index (χ3n) is 4.47. The van der Waals surface area contributed by atoms with Gasteiger partial charge < -0.3 is 14.3 Å². The summed E-state index contributed by atoms with van der Waals surface area (Å²) in [7, 11) is 0. The lowest BCUT2D eigenvalue weighted by atomic mass is 9.93. The number of rotatable bonds is 5. The van der Waals surface area contributed by atoms with Crippen molar-refractivity contribution in [3.63, 3.8) is 0 Å². The fourth-order valence-electron chi connectivity index (χ4n) is 2.78. The second kappa shape index (κ2) is 6.44. The maximum absolute atomic E-state index is 13.0. The van der Waals surface area contributed by atoms with E-state index in [1.807, 2.05) is 13.8 Å². The van der Waals surface area contributed by atoms with Gasteiger partial charge in [-0.25, -0.2) is 4.98 Å². The minimum Gasteiger partial charge on any atom is -0.463 e. The second-order valence-corrected chi connectivity index (χ2v) is 5.87. The summed E-state index contributed by atoms with van der Waals surface area (Å²) in [6.07, 6.45) is 8.47. The fraction of sp³-hybridized carbons (Fsp3) is 0.316. The molecule has 1 amide bonds. The first-order valence-corrected chi connectivity index (χ1v) is 8.14. The highest BCUT2D eigenvalue weighted by Crippen LogP contribution is 2.28. The van der Waals surface area contributed by atoms with Gasteiger partial charge in [-0.05, 0) is 38.0 Å². The van der Waals surface area contributed by atoms with Crippen molar-refractivity contribution in [1.29, 1.82) is 0 Å². The summed E-state index contributed by atoms with van der Waals surface area (Å²) in [6, 6.07) is 5.19. The van der Waals surface area contributed by atoms with Crippen LogP contribution in [0.5, 0.6) is 0 Å². The molecule has 0 aromatic carbocycles. The summed E-state index contributed by atoms with van der Waals surface area (Å²) >= 11 is 0. The molecule has 128 valence electrons. The number of carbonyl (C=O) groups is 1. The maximum atomic E-state index is 13.0. The maximum Gasteiger partial charge on any atom is 0.259 e. The normalized spacial score (nSPS) is 11.4. The Morgan fingerprint density at radius 2 is 2.16 bits per heavy atom. The molecule has 3 rings (SSSR count). The lowest BCUT2D eigenvalue weighted by Gasteiger charge is -2.27. The van der Waals surface area contributed by atoms with Crippen LogP contribution in [-0.2, 0) is 0 Å². The molecule has 0 unspecified atom stereocenters. The minimum atomic E-state index is -0.692. The van der Waals surface area contributed by atoms with E-state index >= 15 is 0 Å². The van der Waals surface area contributed by atoms with Crippen molar-refractivity contribution in [3.05, 3.63) is 35.7 Å². The number of furan rings is 1. The quantitative estimate of drug-likeness (QED) is 0.718. The van der Waals surface area contributed by atoms with Crippen LogP contribution in [0.15, 0.2) is 33.4 Å². The summed E-state index contributed by atoms with van der Waals surface area (Å²) < 4.78 is 10.7. The summed E-state index contributed by atoms with van der Waals surface area (Å²) in [4.78, 5) is 17.4. The van der Waals surface area contributed by atoms with Gasteiger partial charge >= 0.3 is 0 Å². The van der Waals surface area contributed by atoms with Crippen LogP contribution in [0.2, 0.25) is 0 Å². The van der Waals surface area contributed by atoms with Gasteiger partial charge in [0.15, 0.2) is 5.76 Å². The molecule has 0 saturated carbocycles. The zero-order valence-corrected chi connectivity index (χ0v) is 14.4. The lowest BCUT2D eigenvalue weighted by Crippen LogP contribution is -2.46. The fourth-order valence-corrected chi connectivity index (χ4v) is 2.78. The Morgan fingerprint density at radius 3 is 2.76 bits per heavy atom. The van der Waals surface area contributed by atoms with E-state index in [9.17, 15) is 4.79 Å². The predicted octanol–water partition coefficient (Wildman–Crippen LogP) is 3.71. The number of aromatic nitrogens is 2. The molecule has 0 aliphatic heterocycles. The Balaban J connectivity index is 2.12. The molecule has 0 fully saturated rings. The van der Waals surface area contributed by atoms with Gasteiger partial charge in [-0.1, -0.05) is 24.9 Å². The van der Waals surface area contributed by atoms with Crippen molar-refractivity contribution in [3.8, 4) is 23.8 Å². The molecule has 1 N–H and O–H groups in total. The third-order valence-corrected chi connectivity index (χ3v) is 4.47. The molecule has 0 atom stereocenters. The van der Waals surface area contributed by atoms with Crippen molar-refractivity contribution >= 4 is 17.0 Å². The topological polar surface area (TPSA) is 81.2 Å². The molecule has 3 aromatic rings. The van der Waals surface area contributed by atoms with E-state index in [1.54, 1.807) is 31.4 Å². The summed E-state index contributed by atoms with van der Waals surface area (Å²) in [5, 5.41) is 7.48. The first-order chi connectivity index (χ1) is 12.0. The van der Waals surface area contributed by atoms with Gasteiger partial charge in [0.2, 0.25) is 0 Å². The number of carbonyl (C=O) groups excluding carboxylic acids is 1. The Labute approximate surface area is 145 Å². The van der Waals surface area contributed by atoms with Crippen molar-refractivity contribution in [2.24, 2.45) is 0 Å². The van der Waals surface area contributed by atoms with Crippen LogP contribution in [0.4, 0.5) is 0 Å². The summed E-state index contributed by atoms with van der Waals surface area (Å²) in [5.41, 5.74) is 1.10. The average Bonchev–Trinajstić information content (AvgIpc) is 3.29. The highest BCUT2D eigenvalue weighted by Gasteiger charge is 2.28. The van der Waals surface area contributed by atoms with E-state index < -0.39 is 5.54 Å². The summed E-state index contributed by atoms with van der Waals surface area (Å²) in [5.74, 6) is 2.97. The molecule has 6 nitrogen and oxygen atoms in total. The number of fused-ring (bicyclic) bond motifs is 1. The molecule has 0 bridgehead atoms. The number of amides is 1. The Hall–Kier alpha value is -3.07. The van der Waals surface area contributed by atoms with Crippen molar-refractivity contribution in [2.45, 2.75) is 39.2 Å². The first kappa shape index (κ1) is 16.8. The smallest absolute Gasteiger partial charge is 0.259 e. The standard InChI is InChI=1S/C19H19N3O3/c1-5-19(6-2,7-3)21-17(23)13-11-14(15-9-8-10-24-15)20-18-16(13)12(4)22-25-18/h1,8-11H,6-7H2,2-4H3,(H,21,23). The van der Waals surface area contributed by atoms with E-state index in [0.29, 0.717) is 40.9 Å². The molecule has 0 spiro atoms. The monoisotopic (exact) mass is 337 g/mol. The molecular weight excluding hydrogens is 318 g/mol. The zero-order valence-electron chi connectivity index (χ0n) is 14.4. The average molecular weight is 337 g/mol. The molecule has 3 heterocycles. The van der Waals surface area contributed by atoms with Crippen LogP contribution in [-0.4, -0.2) is 21.6 Å². The number of hydrogen-bond donors (Lipinski definition) is 1. The van der Waals surface area contributed by atoms with E-state index in [1.165, 1.54) is 0 Å². The largest absolute Gasteiger partial charge is 0.463 e. The van der Waals surface area contributed by atoms with Crippen molar-refractivity contribution in [2.75, 3.05) is 0 Å². The number of aryl methyl sites for hydroxylation is 1. The van der Waals surface area contributed by atoms with E-state index in [4.69, 9.17) is 15.4 Å². The molecule has 6 heteroatoms. The van der Waals surface area contributed by atoms with E-state index in [0.717, 1.165) is 0 Å². The highest BCUT2D eigenvalue weighted by molar-refractivity contribution is 6.07. The van der Waals surface area contributed by atoms with Gasteiger partial charge in [0.1, 0.15) is 11.2 Å². The van der Waals surface area contributed by atoms with Crippen LogP contribution in [0.1, 0.15) is 42.7 Å². The third kappa shape index (κ3) is 2.89. The molecule has 0 radical (unpaired) electrons. The van der Waals surface area contributed by atoms with Crippen LogP contribution in [0.25, 0.3) is 22.6 Å². The van der Waals surface area contributed by atoms with Gasteiger partial charge in [0.25, 0.3) is 11.6 Å². The van der Waals surface area contributed by atoms with E-state index in [-0.39, 0.29) is 11.6 Å². The molecule has 3 aromatic heterocycles. The van der Waals surface area contributed by atoms with Crippen molar-refractivity contribution in [1.82, 2.24) is 15.5 Å². The molecule has 0 aliphatic rings. The van der Waals surface area contributed by atoms with Crippen LogP contribution in [0, 0.1) is 19.3 Å². The Kier molecular flexibility index (Phi) is 4.32. The molecular formula is C19H19N3O3. The number of nitrogens with zero attached hydrogens (tertiary/aromatic N) is 2. The van der Waals surface area contributed by atoms with Gasteiger partial charge in [-0.2, -0.15) is 0 Å². The SMILES string of the molecule is C#CC(CC)(CC)NC(=O)c1cc(-c2ccco2)nc2onc(C)c12. The number of terminal acetylenes is 1. The zero-order chi connectivity index (χ0) is 18.0. The summed E-state index contributed by atoms with van der Waals surface area (Å²) in [6.45, 7) is 5.67. The van der Waals surface area contributed by atoms with Crippen molar-refractivity contribution < 1.29 is 13.7 Å². The molecule has 0 saturated heterocycles. The number of nitrogens with one attached hydrogen (secondary N) is 1. The predicted molar refractivity (Wildman–Crippen MR) is 93.9 cm³/mol. The van der Waals surface area contributed by atoms with Gasteiger partial charge in [-0.15, -0.1) is 6.42 Å². The van der Waals surface area contributed by atoms with Crippen LogP contribution >= 0.6 is 0 Å². The lowest BCUT2D eigenvalue weighted by molar-refractivity contribution is 0.0918. The van der Waals surface area contributed by atoms with Crippen LogP contribution < -0.4 is 5.32 Å². The molecule has 0 aliphatic carbocycles. The van der Waals surface area contributed by atoms with Gasteiger partial charge in [0, 0.05) is 0 Å². The van der Waals surface area contributed by atoms with Gasteiger partial charge in [0.05, 0.1) is 22.9 Å². The van der Waals surface area contributed by atoms with Crippen LogP contribution in [0.3, 0.4) is 0 Å². The number of pyridine rings is 1.